The predicted molar refractivity (Wildman–Crippen MR) is 99.2 cm³/mol. The summed E-state index contributed by atoms with van der Waals surface area (Å²) < 4.78 is 6.00. The Bertz CT molecular complexity index is 856. The normalized spacial score (nSPS) is 17.4. The number of fused-ring (bicyclic) bond motifs is 2. The van der Waals surface area contributed by atoms with Crippen LogP contribution in [0.25, 0.3) is 0 Å². The Labute approximate surface area is 154 Å². The molecule has 5 heteroatoms. The molecule has 0 aromatic heterocycles. The molecule has 1 amide bonds. The van der Waals surface area contributed by atoms with E-state index in [2.05, 4.69) is 15.9 Å². The Hall–Kier alpha value is -2.14. The smallest absolute Gasteiger partial charge is 0.238 e. The number of carbonyl (C=O) groups is 2. The van der Waals surface area contributed by atoms with Gasteiger partial charge in [-0.05, 0) is 64.2 Å². The molecule has 0 N–H and O–H groups in total. The largest absolute Gasteiger partial charge is 0.497 e. The monoisotopic (exact) mass is 399 g/mol. The van der Waals surface area contributed by atoms with Crippen LogP contribution < -0.4 is 9.64 Å². The molecule has 0 bridgehead atoms. The van der Waals surface area contributed by atoms with Gasteiger partial charge in [0.2, 0.25) is 5.91 Å². The second-order valence-corrected chi connectivity index (χ2v) is 7.55. The molecule has 25 heavy (non-hydrogen) atoms. The van der Waals surface area contributed by atoms with Crippen molar-refractivity contribution in [2.75, 3.05) is 12.0 Å². The molecular formula is C20H18BrNO3. The standard InChI is InChI=1S/C20H18BrNO3/c1-25-15-5-3-13(4-6-15)11-22-18-16(9-14(12-23)10-17(18)21)20(19(22)24)7-2-8-20/h3-6,9-10,12H,2,7-8,11H2,1H3. The number of nitrogens with zero attached hydrogens (tertiary/aromatic N) is 1. The third-order valence-corrected chi connectivity index (χ3v) is 5.97. The van der Waals surface area contributed by atoms with E-state index in [4.69, 9.17) is 4.74 Å². The Morgan fingerprint density at radius 2 is 1.96 bits per heavy atom. The highest BCUT2D eigenvalue weighted by atomic mass is 79.9. The van der Waals surface area contributed by atoms with Crippen LogP contribution >= 0.6 is 15.9 Å². The minimum Gasteiger partial charge on any atom is -0.497 e. The molecule has 1 saturated carbocycles. The van der Waals surface area contributed by atoms with Crippen LogP contribution in [0.3, 0.4) is 0 Å². The molecule has 1 heterocycles. The number of carbonyl (C=O) groups excluding carboxylic acids is 2. The van der Waals surface area contributed by atoms with Crippen LogP contribution in [0.5, 0.6) is 5.75 Å². The first-order chi connectivity index (χ1) is 12.1. The van der Waals surface area contributed by atoms with Crippen LogP contribution in [0.1, 0.15) is 40.7 Å². The van der Waals surface area contributed by atoms with Crippen LogP contribution in [-0.4, -0.2) is 19.3 Å². The molecule has 128 valence electrons. The van der Waals surface area contributed by atoms with Gasteiger partial charge in [0.15, 0.2) is 0 Å². The van der Waals surface area contributed by atoms with Crippen molar-refractivity contribution in [3.63, 3.8) is 0 Å². The van der Waals surface area contributed by atoms with Gasteiger partial charge in [0, 0.05) is 10.0 Å². The van der Waals surface area contributed by atoms with Gasteiger partial charge in [-0.25, -0.2) is 0 Å². The van der Waals surface area contributed by atoms with Crippen molar-refractivity contribution in [2.24, 2.45) is 0 Å². The lowest BCUT2D eigenvalue weighted by Crippen LogP contribution is -2.44. The summed E-state index contributed by atoms with van der Waals surface area (Å²) in [5.74, 6) is 0.942. The van der Waals surface area contributed by atoms with Gasteiger partial charge in [-0.1, -0.05) is 18.6 Å². The molecule has 4 nitrogen and oxygen atoms in total. The zero-order valence-corrected chi connectivity index (χ0v) is 15.5. The second-order valence-electron chi connectivity index (χ2n) is 6.69. The SMILES string of the molecule is COc1ccc(CN2C(=O)C3(CCC3)c3cc(C=O)cc(Br)c32)cc1. The molecular weight excluding hydrogens is 382 g/mol. The van der Waals surface area contributed by atoms with Crippen molar-refractivity contribution in [1.29, 1.82) is 0 Å². The topological polar surface area (TPSA) is 46.6 Å². The number of benzene rings is 2. The van der Waals surface area contributed by atoms with E-state index in [0.29, 0.717) is 12.1 Å². The van der Waals surface area contributed by atoms with Gasteiger partial charge >= 0.3 is 0 Å². The van der Waals surface area contributed by atoms with Gasteiger partial charge in [-0.15, -0.1) is 0 Å². The first-order valence-electron chi connectivity index (χ1n) is 8.33. The molecule has 1 spiro atoms. The van der Waals surface area contributed by atoms with Gasteiger partial charge in [-0.3, -0.25) is 9.59 Å². The maximum atomic E-state index is 13.2. The highest BCUT2D eigenvalue weighted by Crippen LogP contribution is 2.55. The summed E-state index contributed by atoms with van der Waals surface area (Å²) in [6.07, 6.45) is 3.60. The third kappa shape index (κ3) is 2.41. The van der Waals surface area contributed by atoms with E-state index < -0.39 is 5.41 Å². The molecule has 2 aromatic rings. The molecule has 1 fully saturated rings. The predicted octanol–water partition coefficient (Wildman–Crippen LogP) is 4.24. The van der Waals surface area contributed by atoms with E-state index in [1.54, 1.807) is 13.2 Å². The third-order valence-electron chi connectivity index (χ3n) is 5.37. The van der Waals surface area contributed by atoms with Gasteiger partial charge in [0.1, 0.15) is 12.0 Å². The van der Waals surface area contributed by atoms with E-state index in [0.717, 1.165) is 52.6 Å². The Morgan fingerprint density at radius 3 is 2.52 bits per heavy atom. The molecule has 4 rings (SSSR count). The lowest BCUT2D eigenvalue weighted by Gasteiger charge is -2.37. The highest BCUT2D eigenvalue weighted by Gasteiger charge is 2.55. The number of amides is 1. The number of rotatable bonds is 4. The molecule has 0 saturated heterocycles. The number of ether oxygens (including phenoxy) is 1. The van der Waals surface area contributed by atoms with Crippen molar-refractivity contribution >= 4 is 33.8 Å². The summed E-state index contributed by atoms with van der Waals surface area (Å²) in [5, 5.41) is 0. The second kappa shape index (κ2) is 5.99. The number of hydrogen-bond donors (Lipinski definition) is 0. The summed E-state index contributed by atoms with van der Waals surface area (Å²) in [6, 6.07) is 11.4. The van der Waals surface area contributed by atoms with E-state index in [-0.39, 0.29) is 5.91 Å². The Morgan fingerprint density at radius 1 is 1.24 bits per heavy atom. The zero-order valence-electron chi connectivity index (χ0n) is 13.9. The molecule has 2 aromatic carbocycles. The summed E-state index contributed by atoms with van der Waals surface area (Å²) in [6.45, 7) is 0.511. The Kier molecular flexibility index (Phi) is 3.91. The number of hydrogen-bond acceptors (Lipinski definition) is 3. The lowest BCUT2D eigenvalue weighted by molar-refractivity contribution is -0.126. The lowest BCUT2D eigenvalue weighted by atomic mass is 9.65. The van der Waals surface area contributed by atoms with E-state index >= 15 is 0 Å². The molecule has 0 radical (unpaired) electrons. The maximum Gasteiger partial charge on any atom is 0.238 e. The molecule has 2 aliphatic rings. The van der Waals surface area contributed by atoms with Crippen LogP contribution in [-0.2, 0) is 16.8 Å². The zero-order chi connectivity index (χ0) is 17.6. The number of aldehydes is 1. The van der Waals surface area contributed by atoms with Gasteiger partial charge in [0.05, 0.1) is 24.8 Å². The maximum absolute atomic E-state index is 13.2. The first kappa shape index (κ1) is 16.3. The molecule has 1 aliphatic carbocycles. The van der Waals surface area contributed by atoms with Gasteiger partial charge in [-0.2, -0.15) is 0 Å². The van der Waals surface area contributed by atoms with Crippen molar-refractivity contribution in [2.45, 2.75) is 31.2 Å². The number of anilines is 1. The van der Waals surface area contributed by atoms with Crippen LogP contribution in [0.2, 0.25) is 0 Å². The quantitative estimate of drug-likeness (QED) is 0.722. The molecule has 0 atom stereocenters. The van der Waals surface area contributed by atoms with E-state index in [9.17, 15) is 9.59 Å². The molecule has 1 aliphatic heterocycles. The fraction of sp³-hybridized carbons (Fsp3) is 0.300. The summed E-state index contributed by atoms with van der Waals surface area (Å²) >= 11 is 3.58. The average Bonchev–Trinajstić information content (AvgIpc) is 2.84. The van der Waals surface area contributed by atoms with Crippen molar-refractivity contribution in [1.82, 2.24) is 0 Å². The Balaban J connectivity index is 1.76. The number of halogens is 1. The average molecular weight is 400 g/mol. The molecule has 0 unspecified atom stereocenters. The van der Waals surface area contributed by atoms with Crippen LogP contribution in [0, 0.1) is 0 Å². The van der Waals surface area contributed by atoms with Crippen molar-refractivity contribution in [3.05, 3.63) is 57.6 Å². The van der Waals surface area contributed by atoms with Crippen molar-refractivity contribution in [3.8, 4) is 5.75 Å². The fourth-order valence-corrected chi connectivity index (χ4v) is 4.57. The minimum absolute atomic E-state index is 0.147. The summed E-state index contributed by atoms with van der Waals surface area (Å²) in [5.41, 5.74) is 3.11. The minimum atomic E-state index is -0.441. The number of methoxy groups -OCH3 is 1. The van der Waals surface area contributed by atoms with E-state index in [1.165, 1.54) is 0 Å². The first-order valence-corrected chi connectivity index (χ1v) is 9.12. The summed E-state index contributed by atoms with van der Waals surface area (Å²) in [4.78, 5) is 26.4. The van der Waals surface area contributed by atoms with Gasteiger partial charge < -0.3 is 9.64 Å². The fourth-order valence-electron chi connectivity index (χ4n) is 3.88. The highest BCUT2D eigenvalue weighted by molar-refractivity contribution is 9.10. The summed E-state index contributed by atoms with van der Waals surface area (Å²) in [7, 11) is 1.64. The van der Waals surface area contributed by atoms with Crippen molar-refractivity contribution < 1.29 is 14.3 Å². The van der Waals surface area contributed by atoms with Crippen LogP contribution in [0.4, 0.5) is 5.69 Å². The van der Waals surface area contributed by atoms with E-state index in [1.807, 2.05) is 35.2 Å². The van der Waals surface area contributed by atoms with Crippen LogP contribution in [0.15, 0.2) is 40.9 Å². The van der Waals surface area contributed by atoms with Gasteiger partial charge in [0.25, 0.3) is 0 Å².